The van der Waals surface area contributed by atoms with E-state index in [0.717, 1.165) is 24.5 Å². The predicted molar refractivity (Wildman–Crippen MR) is 90.7 cm³/mol. The van der Waals surface area contributed by atoms with Crippen LogP contribution in [0.5, 0.6) is 0 Å². The maximum atomic E-state index is 6.18. The highest BCUT2D eigenvalue weighted by Gasteiger charge is 2.42. The first-order valence-electron chi connectivity index (χ1n) is 7.82. The Labute approximate surface area is 134 Å². The summed E-state index contributed by atoms with van der Waals surface area (Å²) < 4.78 is 0. The van der Waals surface area contributed by atoms with Crippen LogP contribution in [0.15, 0.2) is 24.3 Å². The minimum absolute atomic E-state index is 0.0727. The average molecular weight is 310 g/mol. The minimum Gasteiger partial charge on any atom is -0.329 e. The molecule has 2 unspecified atom stereocenters. The van der Waals surface area contributed by atoms with Crippen LogP contribution in [0, 0.1) is 0 Å². The summed E-state index contributed by atoms with van der Waals surface area (Å²) in [5.41, 5.74) is 7.54. The van der Waals surface area contributed by atoms with Gasteiger partial charge in [-0.2, -0.15) is 0 Å². The lowest BCUT2D eigenvalue weighted by Crippen LogP contribution is -2.55. The van der Waals surface area contributed by atoms with Gasteiger partial charge in [0.2, 0.25) is 0 Å². The van der Waals surface area contributed by atoms with Gasteiger partial charge >= 0.3 is 0 Å². The molecule has 0 radical (unpaired) electrons. The molecule has 1 aromatic carbocycles. The van der Waals surface area contributed by atoms with E-state index in [-0.39, 0.29) is 5.54 Å². The van der Waals surface area contributed by atoms with E-state index in [0.29, 0.717) is 18.6 Å². The van der Waals surface area contributed by atoms with Crippen molar-refractivity contribution < 1.29 is 0 Å². The number of halogens is 1. The molecule has 2 rings (SSSR count). The molecule has 0 bridgehead atoms. The second kappa shape index (κ2) is 6.66. The third kappa shape index (κ3) is 3.42. The lowest BCUT2D eigenvalue weighted by Gasteiger charge is -2.42. The first-order chi connectivity index (χ1) is 9.89. The van der Waals surface area contributed by atoms with Gasteiger partial charge in [-0.05, 0) is 51.9 Å². The molecule has 1 heterocycles. The van der Waals surface area contributed by atoms with Gasteiger partial charge in [-0.25, -0.2) is 0 Å². The number of hydrogen-bond acceptors (Lipinski definition) is 3. The number of nitrogens with zero attached hydrogens (tertiary/aromatic N) is 2. The van der Waals surface area contributed by atoms with Crippen LogP contribution in [0.2, 0.25) is 5.02 Å². The van der Waals surface area contributed by atoms with Crippen LogP contribution in [0.4, 0.5) is 0 Å². The largest absolute Gasteiger partial charge is 0.329 e. The molecule has 2 atom stereocenters. The molecule has 1 fully saturated rings. The summed E-state index contributed by atoms with van der Waals surface area (Å²) in [6.45, 7) is 9.65. The zero-order chi connectivity index (χ0) is 15.6. The fourth-order valence-electron chi connectivity index (χ4n) is 3.30. The SMILES string of the molecule is CC(C)N1CCC(CN)(N(C)C(C)c2ccc(Cl)cc2)C1. The lowest BCUT2D eigenvalue weighted by molar-refractivity contribution is 0.0852. The predicted octanol–water partition coefficient (Wildman–Crippen LogP) is 3.14. The Balaban J connectivity index is 2.16. The van der Waals surface area contributed by atoms with Crippen LogP contribution in [-0.2, 0) is 0 Å². The zero-order valence-corrected chi connectivity index (χ0v) is 14.4. The molecule has 21 heavy (non-hydrogen) atoms. The maximum absolute atomic E-state index is 6.18. The number of benzene rings is 1. The van der Waals surface area contributed by atoms with Crippen LogP contribution in [0.1, 0.15) is 38.8 Å². The fraction of sp³-hybridized carbons (Fsp3) is 0.647. The maximum Gasteiger partial charge on any atom is 0.0473 e. The van der Waals surface area contributed by atoms with Crippen LogP contribution >= 0.6 is 11.6 Å². The molecule has 1 aliphatic rings. The van der Waals surface area contributed by atoms with Crippen LogP contribution < -0.4 is 5.73 Å². The molecule has 0 aromatic heterocycles. The van der Waals surface area contributed by atoms with Gasteiger partial charge in [-0.1, -0.05) is 23.7 Å². The Morgan fingerprint density at radius 1 is 1.29 bits per heavy atom. The topological polar surface area (TPSA) is 32.5 Å². The molecule has 0 amide bonds. The molecule has 0 spiro atoms. The van der Waals surface area contributed by atoms with Gasteiger partial charge in [0.25, 0.3) is 0 Å². The van der Waals surface area contributed by atoms with Crippen molar-refractivity contribution in [3.05, 3.63) is 34.9 Å². The van der Waals surface area contributed by atoms with E-state index in [4.69, 9.17) is 17.3 Å². The van der Waals surface area contributed by atoms with Crippen molar-refractivity contribution in [2.45, 2.75) is 44.8 Å². The number of likely N-dealkylation sites (N-methyl/N-ethyl adjacent to an activating group) is 1. The van der Waals surface area contributed by atoms with Gasteiger partial charge in [-0.3, -0.25) is 9.80 Å². The van der Waals surface area contributed by atoms with E-state index in [1.165, 1.54) is 5.56 Å². The third-order valence-corrected chi connectivity index (χ3v) is 5.41. The Bertz CT molecular complexity index is 460. The highest BCUT2D eigenvalue weighted by Crippen LogP contribution is 2.34. The van der Waals surface area contributed by atoms with E-state index in [1.54, 1.807) is 0 Å². The molecule has 2 N–H and O–H groups in total. The Morgan fingerprint density at radius 3 is 2.38 bits per heavy atom. The smallest absolute Gasteiger partial charge is 0.0473 e. The third-order valence-electron chi connectivity index (χ3n) is 5.15. The number of nitrogens with two attached hydrogens (primary N) is 1. The second-order valence-electron chi connectivity index (χ2n) is 6.58. The Morgan fingerprint density at radius 2 is 1.90 bits per heavy atom. The van der Waals surface area contributed by atoms with Gasteiger partial charge in [0, 0.05) is 42.3 Å². The molecule has 4 heteroatoms. The molecule has 0 saturated carbocycles. The molecule has 3 nitrogen and oxygen atoms in total. The van der Waals surface area contributed by atoms with E-state index >= 15 is 0 Å². The highest BCUT2D eigenvalue weighted by atomic mass is 35.5. The van der Waals surface area contributed by atoms with E-state index in [2.05, 4.69) is 49.8 Å². The monoisotopic (exact) mass is 309 g/mol. The molecule has 1 aromatic rings. The van der Waals surface area contributed by atoms with Crippen molar-refractivity contribution in [1.82, 2.24) is 9.80 Å². The lowest BCUT2D eigenvalue weighted by atomic mass is 9.93. The van der Waals surface area contributed by atoms with Gasteiger partial charge in [-0.15, -0.1) is 0 Å². The fourth-order valence-corrected chi connectivity index (χ4v) is 3.43. The van der Waals surface area contributed by atoms with Crippen molar-refractivity contribution in [1.29, 1.82) is 0 Å². The molecule has 1 saturated heterocycles. The second-order valence-corrected chi connectivity index (χ2v) is 7.02. The Hall–Kier alpha value is -0.610. The van der Waals surface area contributed by atoms with Crippen molar-refractivity contribution in [2.75, 3.05) is 26.7 Å². The summed E-state index contributed by atoms with van der Waals surface area (Å²) in [5, 5.41) is 0.786. The quantitative estimate of drug-likeness (QED) is 0.907. The first-order valence-corrected chi connectivity index (χ1v) is 8.20. The standard InChI is InChI=1S/C17H28ClN3/c1-13(2)21-10-9-17(11-19,12-21)20(4)14(3)15-5-7-16(18)8-6-15/h5-8,13-14H,9-12,19H2,1-4H3. The summed E-state index contributed by atoms with van der Waals surface area (Å²) in [7, 11) is 2.20. The average Bonchev–Trinajstić information content (AvgIpc) is 2.92. The highest BCUT2D eigenvalue weighted by molar-refractivity contribution is 6.30. The number of likely N-dealkylation sites (tertiary alicyclic amines) is 1. The van der Waals surface area contributed by atoms with Gasteiger partial charge in [0.1, 0.15) is 0 Å². The van der Waals surface area contributed by atoms with Gasteiger partial charge < -0.3 is 5.73 Å². The van der Waals surface area contributed by atoms with E-state index in [1.807, 2.05) is 12.1 Å². The normalized spacial score (nSPS) is 25.0. The van der Waals surface area contributed by atoms with Crippen molar-refractivity contribution >= 4 is 11.6 Å². The van der Waals surface area contributed by atoms with Crippen molar-refractivity contribution in [3.63, 3.8) is 0 Å². The van der Waals surface area contributed by atoms with Crippen LogP contribution in [0.3, 0.4) is 0 Å². The van der Waals surface area contributed by atoms with Gasteiger partial charge in [0.15, 0.2) is 0 Å². The number of rotatable bonds is 5. The molecule has 118 valence electrons. The summed E-state index contributed by atoms with van der Waals surface area (Å²) in [5.74, 6) is 0. The van der Waals surface area contributed by atoms with Crippen molar-refractivity contribution in [2.24, 2.45) is 5.73 Å². The number of hydrogen-bond donors (Lipinski definition) is 1. The van der Waals surface area contributed by atoms with E-state index < -0.39 is 0 Å². The van der Waals surface area contributed by atoms with Crippen LogP contribution in [0.25, 0.3) is 0 Å². The Kier molecular flexibility index (Phi) is 5.31. The van der Waals surface area contributed by atoms with E-state index in [9.17, 15) is 0 Å². The summed E-state index contributed by atoms with van der Waals surface area (Å²) in [4.78, 5) is 4.98. The minimum atomic E-state index is 0.0727. The molecular weight excluding hydrogens is 282 g/mol. The van der Waals surface area contributed by atoms with Crippen LogP contribution in [-0.4, -0.2) is 48.1 Å². The summed E-state index contributed by atoms with van der Waals surface area (Å²) in [6.07, 6.45) is 1.14. The first kappa shape index (κ1) is 16.8. The molecule has 0 aliphatic carbocycles. The molecule has 1 aliphatic heterocycles. The molecular formula is C17H28ClN3. The summed E-state index contributed by atoms with van der Waals surface area (Å²) >= 11 is 5.99. The van der Waals surface area contributed by atoms with Gasteiger partial charge in [0.05, 0.1) is 0 Å². The van der Waals surface area contributed by atoms with Crippen molar-refractivity contribution in [3.8, 4) is 0 Å². The zero-order valence-electron chi connectivity index (χ0n) is 13.6. The summed E-state index contributed by atoms with van der Waals surface area (Å²) in [6, 6.07) is 9.07.